The summed E-state index contributed by atoms with van der Waals surface area (Å²) < 4.78 is 52.2. The van der Waals surface area contributed by atoms with Crippen molar-refractivity contribution in [3.63, 3.8) is 0 Å². The van der Waals surface area contributed by atoms with Crippen LogP contribution in [0.25, 0.3) is 11.0 Å². The Hall–Kier alpha value is -3.80. The van der Waals surface area contributed by atoms with E-state index in [4.69, 9.17) is 18.7 Å². The molecule has 0 aliphatic carbocycles. The molecule has 0 spiro atoms. The van der Waals surface area contributed by atoms with Gasteiger partial charge in [0.2, 0.25) is 5.88 Å². The molecule has 1 aliphatic rings. The van der Waals surface area contributed by atoms with Gasteiger partial charge in [0, 0.05) is 30.4 Å². The van der Waals surface area contributed by atoms with E-state index in [1.54, 1.807) is 35.3 Å². The summed E-state index contributed by atoms with van der Waals surface area (Å²) in [5, 5.41) is 8.37. The summed E-state index contributed by atoms with van der Waals surface area (Å²) in [5.74, 6) is 1.01. The number of ether oxygens (including phenoxy) is 3. The predicted octanol–water partition coefficient (Wildman–Crippen LogP) is 2.22. The highest BCUT2D eigenvalue weighted by atomic mass is 32.2. The molecule has 1 aliphatic heterocycles. The number of aromatic nitrogens is 4. The maximum absolute atomic E-state index is 13.2. The highest BCUT2D eigenvalue weighted by Crippen LogP contribution is 2.40. The van der Waals surface area contributed by atoms with E-state index < -0.39 is 10.0 Å². The molecule has 1 N–H and O–H groups in total. The molecule has 0 radical (unpaired) electrons. The van der Waals surface area contributed by atoms with Gasteiger partial charge < -0.3 is 18.7 Å². The van der Waals surface area contributed by atoms with Crippen LogP contribution in [0.5, 0.6) is 17.4 Å². The Morgan fingerprint density at radius 1 is 1.25 bits per heavy atom. The van der Waals surface area contributed by atoms with E-state index in [9.17, 15) is 8.42 Å². The third-order valence-electron chi connectivity index (χ3n) is 5.07. The SMILES string of the molecule is COc1ccc(S(=O)(=O)Nc2noc3cc(Cn4cccn4)nc(OC)c23)c2c1CCO2. The lowest BCUT2D eigenvalue weighted by Crippen LogP contribution is -2.15. The first kappa shape index (κ1) is 20.1. The molecule has 0 unspecified atom stereocenters. The van der Waals surface area contributed by atoms with Gasteiger partial charge in [-0.05, 0) is 18.2 Å². The Labute approximate surface area is 182 Å². The second-order valence-electron chi connectivity index (χ2n) is 7.01. The van der Waals surface area contributed by atoms with Gasteiger partial charge in [-0.1, -0.05) is 5.16 Å². The van der Waals surface area contributed by atoms with Crippen molar-refractivity contribution >= 4 is 26.8 Å². The largest absolute Gasteiger partial charge is 0.496 e. The maximum atomic E-state index is 13.2. The Balaban J connectivity index is 1.52. The Kier molecular flexibility index (Phi) is 4.85. The Morgan fingerprint density at radius 3 is 2.88 bits per heavy atom. The lowest BCUT2D eigenvalue weighted by Gasteiger charge is -2.12. The summed E-state index contributed by atoms with van der Waals surface area (Å²) in [6.45, 7) is 0.762. The molecule has 0 fully saturated rings. The fourth-order valence-corrected chi connectivity index (χ4v) is 4.84. The van der Waals surface area contributed by atoms with Crippen LogP contribution in [0.1, 0.15) is 11.3 Å². The number of sulfonamides is 1. The van der Waals surface area contributed by atoms with Gasteiger partial charge in [0.05, 0.1) is 33.1 Å². The first-order valence-corrected chi connectivity index (χ1v) is 11.1. The van der Waals surface area contributed by atoms with Gasteiger partial charge in [-0.2, -0.15) is 5.10 Å². The average Bonchev–Trinajstić information content (AvgIpc) is 3.54. The van der Waals surface area contributed by atoms with Crippen LogP contribution in [0.4, 0.5) is 5.82 Å². The summed E-state index contributed by atoms with van der Waals surface area (Å²) in [4.78, 5) is 4.44. The van der Waals surface area contributed by atoms with Gasteiger partial charge >= 0.3 is 0 Å². The minimum atomic E-state index is -4.05. The van der Waals surface area contributed by atoms with Crippen molar-refractivity contribution in [1.82, 2.24) is 19.9 Å². The first-order chi connectivity index (χ1) is 15.5. The molecule has 166 valence electrons. The van der Waals surface area contributed by atoms with Crippen LogP contribution in [-0.2, 0) is 23.0 Å². The number of methoxy groups -OCH3 is 2. The molecule has 1 aromatic carbocycles. The number of anilines is 1. The van der Waals surface area contributed by atoms with Crippen molar-refractivity contribution in [2.24, 2.45) is 0 Å². The third-order valence-corrected chi connectivity index (χ3v) is 6.43. The van der Waals surface area contributed by atoms with Gasteiger partial charge in [-0.15, -0.1) is 0 Å². The number of nitrogens with one attached hydrogen (secondary N) is 1. The molecule has 4 aromatic rings. The Morgan fingerprint density at radius 2 is 2.12 bits per heavy atom. The zero-order valence-electron chi connectivity index (χ0n) is 17.2. The molecule has 32 heavy (non-hydrogen) atoms. The fraction of sp³-hybridized carbons (Fsp3) is 0.250. The molecule has 12 heteroatoms. The van der Waals surface area contributed by atoms with Crippen LogP contribution in [0.2, 0.25) is 0 Å². The summed E-state index contributed by atoms with van der Waals surface area (Å²) >= 11 is 0. The molecule has 11 nitrogen and oxygen atoms in total. The van der Waals surface area contributed by atoms with E-state index >= 15 is 0 Å². The van der Waals surface area contributed by atoms with Gasteiger partial charge in [0.1, 0.15) is 21.8 Å². The predicted molar refractivity (Wildman–Crippen MR) is 113 cm³/mol. The molecule has 4 heterocycles. The van der Waals surface area contributed by atoms with Crippen LogP contribution in [-0.4, -0.2) is 49.2 Å². The van der Waals surface area contributed by atoms with Crippen molar-refractivity contribution in [2.45, 2.75) is 17.9 Å². The van der Waals surface area contributed by atoms with Gasteiger partial charge in [-0.3, -0.25) is 9.40 Å². The number of hydrogen-bond acceptors (Lipinski definition) is 9. The van der Waals surface area contributed by atoms with Crippen molar-refractivity contribution in [3.05, 3.63) is 47.9 Å². The first-order valence-electron chi connectivity index (χ1n) is 9.66. The van der Waals surface area contributed by atoms with E-state index in [1.165, 1.54) is 20.3 Å². The van der Waals surface area contributed by atoms with E-state index in [2.05, 4.69) is 20.0 Å². The third kappa shape index (κ3) is 3.38. The van der Waals surface area contributed by atoms with Crippen molar-refractivity contribution in [3.8, 4) is 17.4 Å². The molecule has 0 saturated carbocycles. The number of fused-ring (bicyclic) bond motifs is 2. The van der Waals surface area contributed by atoms with Crippen molar-refractivity contribution in [1.29, 1.82) is 0 Å². The zero-order chi connectivity index (χ0) is 22.3. The van der Waals surface area contributed by atoms with E-state index in [0.29, 0.717) is 47.5 Å². The molecule has 5 rings (SSSR count). The molecule has 3 aromatic heterocycles. The minimum Gasteiger partial charge on any atom is -0.496 e. The van der Waals surface area contributed by atoms with Gasteiger partial charge in [0.25, 0.3) is 10.0 Å². The molecular formula is C20H19N5O6S. The monoisotopic (exact) mass is 457 g/mol. The molecule has 0 bridgehead atoms. The quantitative estimate of drug-likeness (QED) is 0.444. The molecule has 0 saturated heterocycles. The number of nitrogens with zero attached hydrogens (tertiary/aromatic N) is 4. The average molecular weight is 457 g/mol. The number of rotatable bonds is 7. The van der Waals surface area contributed by atoms with Crippen molar-refractivity contribution < 1.29 is 27.2 Å². The molecular weight excluding hydrogens is 438 g/mol. The molecule has 0 atom stereocenters. The zero-order valence-corrected chi connectivity index (χ0v) is 18.0. The van der Waals surface area contributed by atoms with Crippen LogP contribution in [0.15, 0.2) is 46.1 Å². The summed E-state index contributed by atoms with van der Waals surface area (Å²) in [7, 11) is -1.08. The summed E-state index contributed by atoms with van der Waals surface area (Å²) in [5.41, 5.74) is 1.65. The summed E-state index contributed by atoms with van der Waals surface area (Å²) in [6, 6.07) is 6.51. The highest BCUT2D eigenvalue weighted by Gasteiger charge is 2.30. The highest BCUT2D eigenvalue weighted by molar-refractivity contribution is 7.92. The normalized spacial score (nSPS) is 13.1. The van der Waals surface area contributed by atoms with E-state index in [0.717, 1.165) is 0 Å². The number of benzene rings is 1. The van der Waals surface area contributed by atoms with Crippen LogP contribution < -0.4 is 18.9 Å². The van der Waals surface area contributed by atoms with Gasteiger partial charge in [-0.25, -0.2) is 13.4 Å². The van der Waals surface area contributed by atoms with E-state index in [1.807, 2.05) is 0 Å². The standard InChI is InChI=1S/C20H19N5O6S/c1-28-14-4-5-16(18-13(14)6-9-30-18)32(26,27)24-19-17-15(31-23-19)10-12(22-20(17)29-2)11-25-8-3-7-21-25/h3-5,7-8,10H,6,9,11H2,1-2H3,(H,23,24). The second-order valence-corrected chi connectivity index (χ2v) is 8.66. The molecule has 0 amide bonds. The van der Waals surface area contributed by atoms with Crippen molar-refractivity contribution in [2.75, 3.05) is 25.5 Å². The van der Waals surface area contributed by atoms with E-state index in [-0.39, 0.29) is 22.3 Å². The van der Waals surface area contributed by atoms with Crippen LogP contribution in [0, 0.1) is 0 Å². The lowest BCUT2D eigenvalue weighted by atomic mass is 10.1. The Bertz CT molecular complexity index is 1400. The lowest BCUT2D eigenvalue weighted by molar-refractivity contribution is 0.348. The summed E-state index contributed by atoms with van der Waals surface area (Å²) in [6.07, 6.45) is 4.02. The minimum absolute atomic E-state index is 0.0100. The number of pyridine rings is 1. The van der Waals surface area contributed by atoms with Crippen LogP contribution in [0.3, 0.4) is 0 Å². The van der Waals surface area contributed by atoms with Gasteiger partial charge in [0.15, 0.2) is 11.4 Å². The topological polar surface area (TPSA) is 131 Å². The maximum Gasteiger partial charge on any atom is 0.266 e. The smallest absolute Gasteiger partial charge is 0.266 e. The fourth-order valence-electron chi connectivity index (χ4n) is 3.66. The second kappa shape index (κ2) is 7.71. The van der Waals surface area contributed by atoms with Crippen LogP contribution >= 0.6 is 0 Å². The number of hydrogen-bond donors (Lipinski definition) is 1.